The van der Waals surface area contributed by atoms with Crippen molar-refractivity contribution in [2.75, 3.05) is 18.8 Å². The molecule has 7 heteroatoms. The molecule has 7 nitrogen and oxygen atoms in total. The number of aromatic nitrogens is 2. The van der Waals surface area contributed by atoms with Crippen molar-refractivity contribution in [1.82, 2.24) is 15.1 Å². The first-order chi connectivity index (χ1) is 12.2. The normalized spacial score (nSPS) is 12.5. The minimum atomic E-state index is -0.942. The summed E-state index contributed by atoms with van der Waals surface area (Å²) in [6.07, 6.45) is 0.730. The van der Waals surface area contributed by atoms with Crippen LogP contribution in [0.25, 0.3) is 0 Å². The van der Waals surface area contributed by atoms with Gasteiger partial charge in [-0.05, 0) is 57.0 Å². The zero-order valence-electron chi connectivity index (χ0n) is 15.4. The number of carbonyl (C=O) groups is 1. The van der Waals surface area contributed by atoms with Crippen molar-refractivity contribution in [1.29, 1.82) is 0 Å². The Balaban J connectivity index is 2.07. The molecule has 2 rings (SSSR count). The van der Waals surface area contributed by atoms with Gasteiger partial charge in [-0.3, -0.25) is 0 Å². The summed E-state index contributed by atoms with van der Waals surface area (Å²) in [7, 11) is 0. The minimum absolute atomic E-state index is 0.0720. The number of ether oxygens (including phenoxy) is 1. The molecule has 0 radical (unpaired) electrons. The molecule has 140 valence electrons. The van der Waals surface area contributed by atoms with E-state index < -0.39 is 17.8 Å². The summed E-state index contributed by atoms with van der Waals surface area (Å²) in [5, 5.41) is 18.1. The van der Waals surface area contributed by atoms with Crippen LogP contribution in [-0.4, -0.2) is 45.0 Å². The fourth-order valence-corrected chi connectivity index (χ4v) is 2.33. The standard InChI is InChI=1S/C19H26N4O3/c1-19(2,3)26-18(25)23(12-10-14-6-8-15(20)9-7-14)13-17(24)16-5-4-11-21-22-16/h4-9,11,17,24H,10,12-13,20H2,1-3H3/t17-/m1/s1. The van der Waals surface area contributed by atoms with Crippen molar-refractivity contribution >= 4 is 11.8 Å². The largest absolute Gasteiger partial charge is 0.444 e. The maximum atomic E-state index is 12.5. The number of nitrogens with two attached hydrogens (primary N) is 1. The van der Waals surface area contributed by atoms with Crippen LogP contribution in [0.5, 0.6) is 0 Å². The number of aliphatic hydroxyl groups is 1. The van der Waals surface area contributed by atoms with Gasteiger partial charge in [0.15, 0.2) is 0 Å². The molecule has 2 aromatic rings. The van der Waals surface area contributed by atoms with E-state index in [0.717, 1.165) is 5.56 Å². The number of hydrogen-bond acceptors (Lipinski definition) is 6. The third-order valence-electron chi connectivity index (χ3n) is 3.63. The van der Waals surface area contributed by atoms with E-state index in [1.165, 1.54) is 11.1 Å². The Kier molecular flexibility index (Phi) is 6.52. The smallest absolute Gasteiger partial charge is 0.410 e. The van der Waals surface area contributed by atoms with Crippen molar-refractivity contribution < 1.29 is 14.6 Å². The van der Waals surface area contributed by atoms with Crippen LogP contribution in [0.1, 0.15) is 38.1 Å². The van der Waals surface area contributed by atoms with E-state index in [1.54, 1.807) is 12.1 Å². The predicted molar refractivity (Wildman–Crippen MR) is 99.4 cm³/mol. The van der Waals surface area contributed by atoms with Crippen LogP contribution in [0.4, 0.5) is 10.5 Å². The van der Waals surface area contributed by atoms with Gasteiger partial charge in [0, 0.05) is 18.4 Å². The summed E-state index contributed by atoms with van der Waals surface area (Å²) in [4.78, 5) is 14.0. The molecule has 0 fully saturated rings. The van der Waals surface area contributed by atoms with Crippen molar-refractivity contribution in [2.24, 2.45) is 0 Å². The second kappa shape index (κ2) is 8.62. The van der Waals surface area contributed by atoms with E-state index in [2.05, 4.69) is 10.2 Å². The lowest BCUT2D eigenvalue weighted by Crippen LogP contribution is -2.40. The van der Waals surface area contributed by atoms with Gasteiger partial charge < -0.3 is 20.5 Å². The molecule has 1 aromatic carbocycles. The lowest BCUT2D eigenvalue weighted by molar-refractivity contribution is 0.0142. The van der Waals surface area contributed by atoms with Gasteiger partial charge in [0.1, 0.15) is 11.7 Å². The Labute approximate surface area is 153 Å². The Morgan fingerprint density at radius 2 is 1.96 bits per heavy atom. The maximum absolute atomic E-state index is 12.5. The topological polar surface area (TPSA) is 102 Å². The zero-order valence-corrected chi connectivity index (χ0v) is 15.4. The molecular formula is C19H26N4O3. The molecule has 1 amide bonds. The zero-order chi connectivity index (χ0) is 19.2. The maximum Gasteiger partial charge on any atom is 0.410 e. The van der Waals surface area contributed by atoms with E-state index in [0.29, 0.717) is 24.3 Å². The number of amides is 1. The van der Waals surface area contributed by atoms with Crippen molar-refractivity contribution in [2.45, 2.75) is 38.9 Å². The van der Waals surface area contributed by atoms with Crippen LogP contribution in [0.3, 0.4) is 0 Å². The first kappa shape index (κ1) is 19.7. The molecule has 0 unspecified atom stereocenters. The van der Waals surface area contributed by atoms with Gasteiger partial charge in [0.25, 0.3) is 0 Å². The highest BCUT2D eigenvalue weighted by Crippen LogP contribution is 2.16. The quantitative estimate of drug-likeness (QED) is 0.770. The van der Waals surface area contributed by atoms with Crippen molar-refractivity contribution in [3.8, 4) is 0 Å². The van der Waals surface area contributed by atoms with Crippen molar-refractivity contribution in [3.05, 3.63) is 53.9 Å². The highest BCUT2D eigenvalue weighted by Gasteiger charge is 2.25. The highest BCUT2D eigenvalue weighted by molar-refractivity contribution is 5.68. The molecule has 0 aliphatic carbocycles. The van der Waals surface area contributed by atoms with Gasteiger partial charge in [-0.2, -0.15) is 10.2 Å². The average molecular weight is 358 g/mol. The van der Waals surface area contributed by atoms with Crippen LogP contribution in [0.15, 0.2) is 42.6 Å². The molecule has 0 saturated heterocycles. The summed E-state index contributed by atoms with van der Waals surface area (Å²) >= 11 is 0. The third-order valence-corrected chi connectivity index (χ3v) is 3.63. The molecule has 3 N–H and O–H groups in total. The van der Waals surface area contributed by atoms with Gasteiger partial charge in [0.2, 0.25) is 0 Å². The van der Waals surface area contributed by atoms with Crippen LogP contribution >= 0.6 is 0 Å². The summed E-state index contributed by atoms with van der Waals surface area (Å²) in [6, 6.07) is 10.8. The van der Waals surface area contributed by atoms with Gasteiger partial charge in [0.05, 0.1) is 12.2 Å². The fraction of sp³-hybridized carbons (Fsp3) is 0.421. The molecule has 1 atom stereocenters. The van der Waals surface area contributed by atoms with Crippen LogP contribution in [0.2, 0.25) is 0 Å². The number of nitrogen functional groups attached to an aromatic ring is 1. The average Bonchev–Trinajstić information content (AvgIpc) is 2.59. The Bertz CT molecular complexity index is 699. The summed E-state index contributed by atoms with van der Waals surface area (Å²) in [5.74, 6) is 0. The molecule has 0 aliphatic heterocycles. The van der Waals surface area contributed by atoms with Gasteiger partial charge in [-0.1, -0.05) is 12.1 Å². The number of hydrogen-bond donors (Lipinski definition) is 2. The number of anilines is 1. The lowest BCUT2D eigenvalue weighted by Gasteiger charge is -2.28. The number of aliphatic hydroxyl groups excluding tert-OH is 1. The molecule has 0 spiro atoms. The molecule has 0 bridgehead atoms. The second-order valence-electron chi connectivity index (χ2n) is 7.08. The van der Waals surface area contributed by atoms with E-state index in [9.17, 15) is 9.90 Å². The SMILES string of the molecule is CC(C)(C)OC(=O)N(CCc1ccc(N)cc1)C[C@@H](O)c1cccnn1. The van der Waals surface area contributed by atoms with E-state index in [-0.39, 0.29) is 6.54 Å². The van der Waals surface area contributed by atoms with E-state index in [4.69, 9.17) is 10.5 Å². The molecular weight excluding hydrogens is 332 g/mol. The summed E-state index contributed by atoms with van der Waals surface area (Å²) < 4.78 is 5.46. The van der Waals surface area contributed by atoms with Crippen LogP contribution in [0, 0.1) is 0 Å². The Morgan fingerprint density at radius 1 is 1.27 bits per heavy atom. The predicted octanol–water partition coefficient (Wildman–Crippen LogP) is 2.57. The Morgan fingerprint density at radius 3 is 2.54 bits per heavy atom. The summed E-state index contributed by atoms with van der Waals surface area (Å²) in [6.45, 7) is 5.89. The molecule has 0 aliphatic rings. The first-order valence-corrected chi connectivity index (χ1v) is 8.52. The third kappa shape index (κ3) is 6.33. The molecule has 0 saturated carbocycles. The first-order valence-electron chi connectivity index (χ1n) is 8.52. The lowest BCUT2D eigenvalue weighted by atomic mass is 10.1. The highest BCUT2D eigenvalue weighted by atomic mass is 16.6. The summed E-state index contributed by atoms with van der Waals surface area (Å²) in [5.41, 5.74) is 7.23. The van der Waals surface area contributed by atoms with Crippen LogP contribution in [-0.2, 0) is 11.2 Å². The number of benzene rings is 1. The van der Waals surface area contributed by atoms with Gasteiger partial charge >= 0.3 is 6.09 Å². The van der Waals surface area contributed by atoms with E-state index >= 15 is 0 Å². The van der Waals surface area contributed by atoms with Gasteiger partial charge in [-0.15, -0.1) is 0 Å². The number of rotatable bonds is 6. The monoisotopic (exact) mass is 358 g/mol. The number of carbonyl (C=O) groups excluding carboxylic acids is 1. The van der Waals surface area contributed by atoms with Gasteiger partial charge in [-0.25, -0.2) is 4.79 Å². The molecule has 1 aromatic heterocycles. The van der Waals surface area contributed by atoms with Crippen molar-refractivity contribution in [3.63, 3.8) is 0 Å². The fourth-order valence-electron chi connectivity index (χ4n) is 2.33. The van der Waals surface area contributed by atoms with Crippen LogP contribution < -0.4 is 5.73 Å². The number of nitrogens with zero attached hydrogens (tertiary/aromatic N) is 3. The Hall–Kier alpha value is -2.67. The second-order valence-corrected chi connectivity index (χ2v) is 7.08. The minimum Gasteiger partial charge on any atom is -0.444 e. The molecule has 1 heterocycles. The molecule has 26 heavy (non-hydrogen) atoms. The van der Waals surface area contributed by atoms with E-state index in [1.807, 2.05) is 45.0 Å².